The summed E-state index contributed by atoms with van der Waals surface area (Å²) in [4.78, 5) is 0. The van der Waals surface area contributed by atoms with E-state index < -0.39 is 0 Å². The normalized spacial score (nSPS) is 20.0. The van der Waals surface area contributed by atoms with Crippen LogP contribution < -0.4 is 9.47 Å². The molecule has 0 aromatic heterocycles. The van der Waals surface area contributed by atoms with E-state index in [1.807, 2.05) is 65.7 Å². The van der Waals surface area contributed by atoms with E-state index in [4.69, 9.17) is 14.6 Å². The van der Waals surface area contributed by atoms with E-state index in [-0.39, 0.29) is 18.0 Å². The summed E-state index contributed by atoms with van der Waals surface area (Å²) in [7, 11) is 1.65. The van der Waals surface area contributed by atoms with E-state index in [1.165, 1.54) is 0 Å². The Morgan fingerprint density at radius 3 is 2.57 bits per heavy atom. The van der Waals surface area contributed by atoms with Crippen molar-refractivity contribution in [3.05, 3.63) is 89.5 Å². The molecule has 0 saturated heterocycles. The number of hydrazone groups is 1. The second-order valence-corrected chi connectivity index (χ2v) is 6.92. The standard InChI is InChI=1S/C23H20N2O3/c1-27-21-13-7-11-17-19-14-18(16-10-5-6-12-20(16)26)24-25(19)23(28-22(17)21)15-8-3-2-4-9-15/h2-13,19,23,26H,14H2,1H3. The Kier molecular flexibility index (Phi) is 3.93. The molecular weight excluding hydrogens is 352 g/mol. The van der Waals surface area contributed by atoms with Crippen LogP contribution in [0.3, 0.4) is 0 Å². The minimum Gasteiger partial charge on any atom is -0.507 e. The van der Waals surface area contributed by atoms with Gasteiger partial charge in [-0.1, -0.05) is 54.6 Å². The molecule has 5 heteroatoms. The lowest BCUT2D eigenvalue weighted by atomic mass is 9.95. The first-order valence-electron chi connectivity index (χ1n) is 9.29. The highest BCUT2D eigenvalue weighted by Gasteiger charge is 2.42. The van der Waals surface area contributed by atoms with Gasteiger partial charge in [0.1, 0.15) is 5.75 Å². The van der Waals surface area contributed by atoms with Gasteiger partial charge in [-0.2, -0.15) is 5.10 Å². The summed E-state index contributed by atoms with van der Waals surface area (Å²) in [5, 5.41) is 17.2. The third-order valence-electron chi connectivity index (χ3n) is 5.30. The van der Waals surface area contributed by atoms with Gasteiger partial charge in [-0.3, -0.25) is 0 Å². The summed E-state index contributed by atoms with van der Waals surface area (Å²) < 4.78 is 12.0. The maximum atomic E-state index is 10.3. The number of ether oxygens (including phenoxy) is 2. The van der Waals surface area contributed by atoms with Crippen LogP contribution in [0.25, 0.3) is 0 Å². The van der Waals surface area contributed by atoms with Crippen molar-refractivity contribution in [2.45, 2.75) is 18.7 Å². The molecule has 0 aliphatic carbocycles. The number of hydrogen-bond acceptors (Lipinski definition) is 5. The number of nitrogens with zero attached hydrogens (tertiary/aromatic N) is 2. The minimum atomic E-state index is -0.363. The number of methoxy groups -OCH3 is 1. The van der Waals surface area contributed by atoms with Crippen LogP contribution in [0.2, 0.25) is 0 Å². The van der Waals surface area contributed by atoms with Crippen LogP contribution in [0.15, 0.2) is 77.9 Å². The Bertz CT molecular complexity index is 1050. The number of para-hydroxylation sites is 2. The molecule has 3 aromatic rings. The van der Waals surface area contributed by atoms with Crippen LogP contribution >= 0.6 is 0 Å². The van der Waals surface area contributed by atoms with Gasteiger partial charge in [0.15, 0.2) is 11.5 Å². The molecule has 2 unspecified atom stereocenters. The van der Waals surface area contributed by atoms with Gasteiger partial charge in [0.05, 0.1) is 18.9 Å². The number of phenols is 1. The molecule has 3 aromatic carbocycles. The zero-order chi connectivity index (χ0) is 19.1. The van der Waals surface area contributed by atoms with E-state index >= 15 is 0 Å². The second-order valence-electron chi connectivity index (χ2n) is 6.92. The van der Waals surface area contributed by atoms with E-state index in [0.717, 1.165) is 28.2 Å². The lowest BCUT2D eigenvalue weighted by molar-refractivity contribution is -0.0209. The molecule has 2 aliphatic heterocycles. The van der Waals surface area contributed by atoms with Gasteiger partial charge in [0.2, 0.25) is 6.23 Å². The summed E-state index contributed by atoms with van der Waals surface area (Å²) in [6.07, 6.45) is 0.322. The maximum absolute atomic E-state index is 10.3. The first-order valence-corrected chi connectivity index (χ1v) is 9.29. The van der Waals surface area contributed by atoms with E-state index in [2.05, 4.69) is 6.07 Å². The molecule has 0 amide bonds. The Morgan fingerprint density at radius 2 is 1.79 bits per heavy atom. The van der Waals surface area contributed by atoms with Gasteiger partial charge in [-0.05, 0) is 18.2 Å². The van der Waals surface area contributed by atoms with Crippen molar-refractivity contribution < 1.29 is 14.6 Å². The van der Waals surface area contributed by atoms with Gasteiger partial charge in [0.25, 0.3) is 0 Å². The van der Waals surface area contributed by atoms with Crippen LogP contribution in [-0.4, -0.2) is 22.9 Å². The molecule has 5 rings (SSSR count). The summed E-state index contributed by atoms with van der Waals surface area (Å²) >= 11 is 0. The van der Waals surface area contributed by atoms with Gasteiger partial charge in [-0.25, -0.2) is 5.01 Å². The number of benzene rings is 3. The summed E-state index contributed by atoms with van der Waals surface area (Å²) in [5.74, 6) is 1.71. The van der Waals surface area contributed by atoms with E-state index in [9.17, 15) is 5.11 Å². The smallest absolute Gasteiger partial charge is 0.214 e. The molecule has 0 saturated carbocycles. The quantitative estimate of drug-likeness (QED) is 0.728. The van der Waals surface area contributed by atoms with Crippen molar-refractivity contribution in [1.29, 1.82) is 0 Å². The largest absolute Gasteiger partial charge is 0.507 e. The molecule has 2 aliphatic rings. The second kappa shape index (κ2) is 6.60. The van der Waals surface area contributed by atoms with Crippen molar-refractivity contribution in [1.82, 2.24) is 5.01 Å². The highest BCUT2D eigenvalue weighted by atomic mass is 16.5. The molecule has 2 atom stereocenters. The average molecular weight is 372 g/mol. The van der Waals surface area contributed by atoms with Crippen molar-refractivity contribution in [3.8, 4) is 17.2 Å². The van der Waals surface area contributed by atoms with Gasteiger partial charge in [0, 0.05) is 23.1 Å². The fraction of sp³-hybridized carbons (Fsp3) is 0.174. The summed E-state index contributed by atoms with van der Waals surface area (Å²) in [6.45, 7) is 0. The highest BCUT2D eigenvalue weighted by molar-refractivity contribution is 6.04. The number of rotatable bonds is 3. The number of aromatic hydroxyl groups is 1. The Balaban J connectivity index is 1.64. The molecule has 2 heterocycles. The van der Waals surface area contributed by atoms with Gasteiger partial charge < -0.3 is 14.6 Å². The summed E-state index contributed by atoms with van der Waals surface area (Å²) in [6, 6.07) is 23.3. The molecular formula is C23H20N2O3. The van der Waals surface area contributed by atoms with E-state index in [0.29, 0.717) is 12.2 Å². The van der Waals surface area contributed by atoms with E-state index in [1.54, 1.807) is 13.2 Å². The summed E-state index contributed by atoms with van der Waals surface area (Å²) in [5.41, 5.74) is 3.67. The van der Waals surface area contributed by atoms with Crippen LogP contribution in [-0.2, 0) is 0 Å². The molecule has 0 fully saturated rings. The van der Waals surface area contributed by atoms with Gasteiger partial charge >= 0.3 is 0 Å². The van der Waals surface area contributed by atoms with Crippen LogP contribution in [0.1, 0.15) is 35.4 Å². The fourth-order valence-electron chi connectivity index (χ4n) is 3.96. The maximum Gasteiger partial charge on any atom is 0.214 e. The number of fused-ring (bicyclic) bond motifs is 3. The first-order chi connectivity index (χ1) is 13.8. The van der Waals surface area contributed by atoms with Crippen LogP contribution in [0, 0.1) is 0 Å². The molecule has 0 bridgehead atoms. The van der Waals surface area contributed by atoms with Gasteiger partial charge in [-0.15, -0.1) is 0 Å². The Morgan fingerprint density at radius 1 is 1.00 bits per heavy atom. The highest BCUT2D eigenvalue weighted by Crippen LogP contribution is 2.50. The predicted molar refractivity (Wildman–Crippen MR) is 107 cm³/mol. The molecule has 0 spiro atoms. The minimum absolute atomic E-state index is 0.0127. The zero-order valence-corrected chi connectivity index (χ0v) is 15.4. The molecule has 5 nitrogen and oxygen atoms in total. The third kappa shape index (κ3) is 2.59. The topological polar surface area (TPSA) is 54.3 Å². The van der Waals surface area contributed by atoms with Crippen molar-refractivity contribution in [3.63, 3.8) is 0 Å². The lowest BCUT2D eigenvalue weighted by Gasteiger charge is -2.38. The Hall–Kier alpha value is -3.47. The SMILES string of the molecule is COc1cccc2c1OC(c1ccccc1)N1N=C(c3ccccc3O)CC21. The van der Waals surface area contributed by atoms with Crippen LogP contribution in [0.4, 0.5) is 0 Å². The lowest BCUT2D eigenvalue weighted by Crippen LogP contribution is -2.33. The first kappa shape index (κ1) is 16.7. The molecule has 140 valence electrons. The monoisotopic (exact) mass is 372 g/mol. The molecule has 0 radical (unpaired) electrons. The zero-order valence-electron chi connectivity index (χ0n) is 15.4. The number of phenolic OH excluding ortho intramolecular Hbond substituents is 1. The van der Waals surface area contributed by atoms with Crippen molar-refractivity contribution in [2.75, 3.05) is 7.11 Å². The fourth-order valence-corrected chi connectivity index (χ4v) is 3.96. The Labute approximate surface area is 163 Å². The molecule has 28 heavy (non-hydrogen) atoms. The van der Waals surface area contributed by atoms with Crippen molar-refractivity contribution >= 4 is 5.71 Å². The average Bonchev–Trinajstić information content (AvgIpc) is 3.19. The third-order valence-corrected chi connectivity index (χ3v) is 5.30. The van der Waals surface area contributed by atoms with Crippen molar-refractivity contribution in [2.24, 2.45) is 5.10 Å². The molecule has 1 N–H and O–H groups in total. The number of hydrogen-bond donors (Lipinski definition) is 1. The predicted octanol–water partition coefficient (Wildman–Crippen LogP) is 4.64. The van der Waals surface area contributed by atoms with Crippen LogP contribution in [0.5, 0.6) is 17.2 Å².